The normalized spacial score (nSPS) is 9.94. The molecule has 0 saturated heterocycles. The molecule has 1 radical (unpaired) electrons. The monoisotopic (exact) mass is 1810 g/mol. The molecule has 6 heterocycles. The maximum atomic E-state index is 14.6. The molecule has 0 aliphatic rings. The molecule has 0 aliphatic heterocycles. The molecule has 9 nitrogen and oxygen atoms in total. The van der Waals surface area contributed by atoms with E-state index in [1.54, 1.807) is 64.7 Å². The number of anilines is 3. The summed E-state index contributed by atoms with van der Waals surface area (Å²) in [6.07, 6.45) is 13.9. The molecule has 14 aromatic rings. The molecule has 8 aromatic carbocycles. The Kier molecular flexibility index (Phi) is 30.1. The van der Waals surface area contributed by atoms with Crippen LogP contribution < -0.4 is 24.5 Å². The van der Waals surface area contributed by atoms with Gasteiger partial charge in [0, 0.05) is 96.9 Å². The van der Waals surface area contributed by atoms with Crippen molar-refractivity contribution in [2.75, 3.05) is 4.90 Å². The van der Waals surface area contributed by atoms with Crippen molar-refractivity contribution in [3.8, 4) is 56.4 Å². The first kappa shape index (κ1) is 75.1. The predicted octanol–water partition coefficient (Wildman–Crippen LogP) is 17.2. The van der Waals surface area contributed by atoms with E-state index in [9.17, 15) is 26.3 Å². The van der Waals surface area contributed by atoms with E-state index < -0.39 is 34.9 Å². The summed E-state index contributed by atoms with van der Waals surface area (Å²) in [4.78, 5) is 18.6. The molecule has 0 aliphatic carbocycles. The summed E-state index contributed by atoms with van der Waals surface area (Å²) in [6.45, 7) is 6.58. The van der Waals surface area contributed by atoms with Crippen LogP contribution >= 0.6 is 0 Å². The van der Waals surface area contributed by atoms with Crippen molar-refractivity contribution >= 4 is 17.1 Å². The van der Waals surface area contributed by atoms with E-state index in [2.05, 4.69) is 71.4 Å². The zero-order chi connectivity index (χ0) is 65.3. The molecule has 0 atom stereocenters. The molecule has 0 amide bonds. The standard InChI is InChI=1S/C24H17F2N2.C13H10F2N.C12H8F2N.C11H8N.2C9H7N2.3Ir/c1-17-22(25)13-12-21(24(17)26)23-16-20(14-15-27-23)28(18-8-4-2-5-9-18)19-10-6-3-7-11-19;1-8-5-6-16-12(7-8)10-3-4-11(14)9(2)13(10)15;1-8-4-5-15-12(6-8)10-3-2-9(13)7-11(10)14;1-2-6-10(7-3-1)11-8-4-5-9-12-11;2*1-2-5-9(6-3-1)11-8-4-7-10-11;;;/h2-11,13-16H,1H3;4-7H,1-2H3;2,4-7H,1H3;1-6,8-9H;2*1-5,7-8H;;;/q6*-1;;2*+3. The van der Waals surface area contributed by atoms with Gasteiger partial charge < -0.3 is 35.0 Å². The van der Waals surface area contributed by atoms with E-state index in [1.165, 1.54) is 13.8 Å². The van der Waals surface area contributed by atoms with E-state index in [0.717, 1.165) is 75.1 Å². The summed E-state index contributed by atoms with van der Waals surface area (Å²) in [5.41, 5.74) is 10.5. The largest absolute Gasteiger partial charge is 3.00 e. The van der Waals surface area contributed by atoms with E-state index in [-0.39, 0.29) is 88.1 Å². The first-order valence-electron chi connectivity index (χ1n) is 28.9. The van der Waals surface area contributed by atoms with Crippen LogP contribution in [0.3, 0.4) is 0 Å². The van der Waals surface area contributed by atoms with Gasteiger partial charge in [0.1, 0.15) is 0 Å². The molecule has 18 heteroatoms. The van der Waals surface area contributed by atoms with Gasteiger partial charge in [-0.1, -0.05) is 126 Å². The third-order valence-corrected chi connectivity index (χ3v) is 13.5. The Morgan fingerprint density at radius 2 is 0.812 bits per heavy atom. The molecular formula is C78H57F6Ir3N9. The number of hydrogen-bond acceptors (Lipinski definition) is 5. The Morgan fingerprint density at radius 3 is 1.24 bits per heavy atom. The summed E-state index contributed by atoms with van der Waals surface area (Å²) < 4.78 is 84.6. The van der Waals surface area contributed by atoms with E-state index in [0.29, 0.717) is 17.1 Å². The second-order valence-electron chi connectivity index (χ2n) is 20.2. The van der Waals surface area contributed by atoms with Crippen molar-refractivity contribution in [2.45, 2.75) is 27.7 Å². The van der Waals surface area contributed by atoms with Crippen LogP contribution in [0.4, 0.5) is 43.4 Å². The van der Waals surface area contributed by atoms with Gasteiger partial charge in [-0.2, -0.15) is 36.4 Å². The van der Waals surface area contributed by atoms with Crippen LogP contribution in [0.15, 0.2) is 274 Å². The van der Waals surface area contributed by atoms with Crippen molar-refractivity contribution in [2.24, 2.45) is 0 Å². The van der Waals surface area contributed by atoms with Crippen molar-refractivity contribution in [3.63, 3.8) is 0 Å². The summed E-state index contributed by atoms with van der Waals surface area (Å²) in [5, 5.41) is 8.14. The number of aromatic nitrogens is 8. The van der Waals surface area contributed by atoms with Crippen LogP contribution in [0, 0.1) is 99.0 Å². The first-order valence-corrected chi connectivity index (χ1v) is 28.9. The summed E-state index contributed by atoms with van der Waals surface area (Å²) in [5.74, 6) is -3.73. The van der Waals surface area contributed by atoms with Gasteiger partial charge in [-0.25, -0.2) is 0 Å². The third-order valence-electron chi connectivity index (χ3n) is 13.5. The molecule has 96 heavy (non-hydrogen) atoms. The smallest absolute Gasteiger partial charge is 0.414 e. The maximum absolute atomic E-state index is 14.6. The number of aryl methyl sites for hydroxylation is 2. The number of pyridine rings is 4. The van der Waals surface area contributed by atoms with Crippen LogP contribution in [-0.4, -0.2) is 19.9 Å². The van der Waals surface area contributed by atoms with Gasteiger partial charge >= 0.3 is 40.2 Å². The Bertz CT molecular complexity index is 4420. The van der Waals surface area contributed by atoms with Gasteiger partial charge in [0.05, 0.1) is 11.4 Å². The quantitative estimate of drug-likeness (QED) is 0.0808. The topological polar surface area (TPSA) is 90.8 Å². The first-order chi connectivity index (χ1) is 45.3. The average molecular weight is 1810 g/mol. The molecule has 483 valence electrons. The minimum atomic E-state index is -0.645. The molecule has 0 bridgehead atoms. The Balaban J connectivity index is 0.000000188. The number of para-hydroxylation sites is 4. The zero-order valence-corrected chi connectivity index (χ0v) is 59.0. The van der Waals surface area contributed by atoms with Crippen molar-refractivity contribution in [3.05, 3.63) is 368 Å². The third kappa shape index (κ3) is 21.3. The molecule has 0 spiro atoms. The number of hydrogen-bond donors (Lipinski definition) is 0. The van der Waals surface area contributed by atoms with Crippen LogP contribution in [-0.2, 0) is 60.3 Å². The minimum absolute atomic E-state index is 0. The van der Waals surface area contributed by atoms with Gasteiger partial charge in [-0.15, -0.1) is 109 Å². The molecular weight excluding hydrogens is 1750 g/mol. The molecule has 0 N–H and O–H groups in total. The number of benzene rings is 8. The van der Waals surface area contributed by atoms with Crippen LogP contribution in [0.2, 0.25) is 0 Å². The minimum Gasteiger partial charge on any atom is -0.414 e. The SMILES string of the molecule is Cc1c(F)c[c-]c(-c2cc(N(c3ccccc3)c3ccccc3)ccn2)c1F.Cc1ccnc(-c2[c-]cc(F)c(C)c2F)c1.Cc1ccnc(-c2[c-]cc(F)cc2F)c1.[Ir+3].[Ir+3].[Ir].[c-]1ccccc1-[n+]1ccc[n-]1.[c-]1ccccc1-[n+]1ccc[n-]1.[c-]1ccccc1-c1ccccn1. The van der Waals surface area contributed by atoms with Crippen molar-refractivity contribution in [1.82, 2.24) is 30.1 Å². The van der Waals surface area contributed by atoms with Crippen molar-refractivity contribution in [1.29, 1.82) is 0 Å². The molecule has 0 unspecified atom stereocenters. The van der Waals surface area contributed by atoms with E-state index >= 15 is 0 Å². The fraction of sp³-hybridized carbons (Fsp3) is 0.0513. The molecule has 6 aromatic heterocycles. The maximum Gasteiger partial charge on any atom is 3.00 e. The zero-order valence-electron chi connectivity index (χ0n) is 51.8. The van der Waals surface area contributed by atoms with Gasteiger partial charge in [-0.3, -0.25) is 35.7 Å². The summed E-state index contributed by atoms with van der Waals surface area (Å²) >= 11 is 0. The predicted molar refractivity (Wildman–Crippen MR) is 348 cm³/mol. The fourth-order valence-electron chi connectivity index (χ4n) is 8.81. The summed E-state index contributed by atoms with van der Waals surface area (Å²) in [7, 11) is 0. The second-order valence-corrected chi connectivity index (χ2v) is 20.2. The number of rotatable bonds is 9. The van der Waals surface area contributed by atoms with Gasteiger partial charge in [0.25, 0.3) is 0 Å². The van der Waals surface area contributed by atoms with Gasteiger partial charge in [-0.05, 0) is 97.3 Å². The Labute approximate surface area is 595 Å². The Hall–Kier alpha value is -9.89. The molecule has 14 rings (SSSR count). The van der Waals surface area contributed by atoms with Crippen LogP contribution in [0.25, 0.3) is 56.4 Å². The van der Waals surface area contributed by atoms with Gasteiger partial charge in [0.15, 0.2) is 12.4 Å². The van der Waals surface area contributed by atoms with Crippen LogP contribution in [0.5, 0.6) is 0 Å². The number of halogens is 6. The molecule has 0 saturated carbocycles. The number of nitrogens with zero attached hydrogens (tertiary/aromatic N) is 9. The fourth-order valence-corrected chi connectivity index (χ4v) is 8.81. The molecule has 0 fully saturated rings. The van der Waals surface area contributed by atoms with Crippen LogP contribution in [0.1, 0.15) is 22.3 Å². The Morgan fingerprint density at radius 1 is 0.375 bits per heavy atom. The summed E-state index contributed by atoms with van der Waals surface area (Å²) in [6, 6.07) is 84.7. The van der Waals surface area contributed by atoms with E-state index in [4.69, 9.17) is 0 Å². The van der Waals surface area contributed by atoms with Crippen molar-refractivity contribution < 1.29 is 96.0 Å². The average Bonchev–Trinajstić information content (AvgIpc) is 0.907. The second kappa shape index (κ2) is 38.5. The van der Waals surface area contributed by atoms with Gasteiger partial charge in [0.2, 0.25) is 0 Å². The van der Waals surface area contributed by atoms with E-state index in [1.807, 2.05) is 208 Å².